The van der Waals surface area contributed by atoms with E-state index in [0.717, 1.165) is 12.3 Å². The molecule has 0 aliphatic carbocycles. The first-order valence-electron chi connectivity index (χ1n) is 5.04. The number of thiocarbonyl (C=S) groups is 1. The summed E-state index contributed by atoms with van der Waals surface area (Å²) in [4.78, 5) is 0. The second-order valence-corrected chi connectivity index (χ2v) is 3.98. The number of benzene rings is 1. The Balaban J connectivity index is 3.13. The summed E-state index contributed by atoms with van der Waals surface area (Å²) in [5.74, 6) is -1.35. The highest BCUT2D eigenvalue weighted by Crippen LogP contribution is 2.38. The molecule has 0 heterocycles. The molecule has 0 fully saturated rings. The van der Waals surface area contributed by atoms with Crippen molar-refractivity contribution in [2.75, 3.05) is 0 Å². The van der Waals surface area contributed by atoms with Crippen LogP contribution < -0.4 is 15.9 Å². The maximum absolute atomic E-state index is 12.7. The number of alkyl halides is 6. The molecular weight excluding hydrogens is 324 g/mol. The molecule has 116 valence electrons. The average molecular weight is 331 g/mol. The quantitative estimate of drug-likeness (QED) is 0.387. The first-order valence-corrected chi connectivity index (χ1v) is 5.45. The van der Waals surface area contributed by atoms with Crippen molar-refractivity contribution < 1.29 is 31.1 Å². The van der Waals surface area contributed by atoms with Crippen molar-refractivity contribution in [2.45, 2.75) is 12.5 Å². The molecule has 0 saturated heterocycles. The highest BCUT2D eigenvalue weighted by atomic mass is 32.1. The Bertz CT molecular complexity index is 555. The van der Waals surface area contributed by atoms with E-state index in [1.165, 1.54) is 0 Å². The standard InChI is InChI=1S/C10H7F6N3OS/c11-9(12,13)6-3-5(4-18-19-8(17)21)1-2-7(6)20-10(14,15)16/h1-4H,(H3,17,19,21). The Hall–Kier alpha value is -2.04. The van der Waals surface area contributed by atoms with Gasteiger partial charge in [0.25, 0.3) is 0 Å². The minimum absolute atomic E-state index is 0.124. The fourth-order valence-electron chi connectivity index (χ4n) is 1.23. The van der Waals surface area contributed by atoms with Crippen LogP contribution in [0, 0.1) is 0 Å². The summed E-state index contributed by atoms with van der Waals surface area (Å²) in [6.45, 7) is 0. The zero-order valence-electron chi connectivity index (χ0n) is 9.92. The van der Waals surface area contributed by atoms with E-state index in [1.54, 1.807) is 0 Å². The lowest BCUT2D eigenvalue weighted by Crippen LogP contribution is -2.24. The van der Waals surface area contributed by atoms with Gasteiger partial charge in [-0.05, 0) is 36.0 Å². The van der Waals surface area contributed by atoms with E-state index in [-0.39, 0.29) is 10.7 Å². The second-order valence-electron chi connectivity index (χ2n) is 3.54. The molecule has 0 aromatic heterocycles. The molecule has 21 heavy (non-hydrogen) atoms. The molecule has 0 amide bonds. The van der Waals surface area contributed by atoms with Crippen LogP contribution in [-0.2, 0) is 6.18 Å². The lowest BCUT2D eigenvalue weighted by Gasteiger charge is -2.15. The van der Waals surface area contributed by atoms with Crippen LogP contribution in [0.3, 0.4) is 0 Å². The van der Waals surface area contributed by atoms with E-state index in [9.17, 15) is 26.3 Å². The van der Waals surface area contributed by atoms with Gasteiger partial charge in [0.05, 0.1) is 11.8 Å². The van der Waals surface area contributed by atoms with E-state index < -0.39 is 23.9 Å². The Morgan fingerprint density at radius 1 is 1.24 bits per heavy atom. The van der Waals surface area contributed by atoms with Gasteiger partial charge in [0.2, 0.25) is 0 Å². The fourth-order valence-corrected chi connectivity index (χ4v) is 1.29. The summed E-state index contributed by atoms with van der Waals surface area (Å²) >= 11 is 4.40. The van der Waals surface area contributed by atoms with Gasteiger partial charge in [-0.15, -0.1) is 13.2 Å². The van der Waals surface area contributed by atoms with E-state index >= 15 is 0 Å². The first kappa shape index (κ1) is 17.0. The molecular formula is C10H7F6N3OS. The van der Waals surface area contributed by atoms with Crippen molar-refractivity contribution >= 4 is 23.5 Å². The summed E-state index contributed by atoms with van der Waals surface area (Å²) in [5.41, 5.74) is 5.41. The molecule has 0 bridgehead atoms. The van der Waals surface area contributed by atoms with Crippen molar-refractivity contribution in [3.8, 4) is 5.75 Å². The molecule has 0 aliphatic rings. The number of hydrogen-bond acceptors (Lipinski definition) is 3. The summed E-state index contributed by atoms with van der Waals surface area (Å²) in [7, 11) is 0. The third-order valence-corrected chi connectivity index (χ3v) is 2.01. The third kappa shape index (κ3) is 5.85. The van der Waals surface area contributed by atoms with Gasteiger partial charge >= 0.3 is 12.5 Å². The number of ether oxygens (including phenoxy) is 1. The Morgan fingerprint density at radius 3 is 2.33 bits per heavy atom. The zero-order valence-corrected chi connectivity index (χ0v) is 10.7. The van der Waals surface area contributed by atoms with Crippen molar-refractivity contribution in [1.82, 2.24) is 5.43 Å². The monoisotopic (exact) mass is 331 g/mol. The summed E-state index contributed by atoms with van der Waals surface area (Å²) in [6, 6.07) is 1.95. The van der Waals surface area contributed by atoms with Crippen LogP contribution in [0.4, 0.5) is 26.3 Å². The molecule has 11 heteroatoms. The SMILES string of the molecule is NC(=S)NN=Cc1ccc(OC(F)(F)F)c(C(F)(F)F)c1. The minimum atomic E-state index is -5.23. The zero-order chi connectivity index (χ0) is 16.3. The molecule has 0 unspecified atom stereocenters. The van der Waals surface area contributed by atoms with Crippen molar-refractivity contribution in [3.05, 3.63) is 29.3 Å². The Kier molecular flexibility index (Phi) is 4.99. The van der Waals surface area contributed by atoms with Crippen molar-refractivity contribution in [2.24, 2.45) is 10.8 Å². The minimum Gasteiger partial charge on any atom is -0.405 e. The van der Waals surface area contributed by atoms with Gasteiger partial charge in [0.1, 0.15) is 5.75 Å². The first-order chi connectivity index (χ1) is 9.49. The number of hydrazone groups is 1. The Morgan fingerprint density at radius 2 is 1.86 bits per heavy atom. The second kappa shape index (κ2) is 6.16. The van der Waals surface area contributed by atoms with Crippen LogP contribution >= 0.6 is 12.2 Å². The van der Waals surface area contributed by atoms with Gasteiger partial charge in [0, 0.05) is 0 Å². The van der Waals surface area contributed by atoms with Crippen LogP contribution in [-0.4, -0.2) is 17.7 Å². The van der Waals surface area contributed by atoms with Crippen LogP contribution in [0.2, 0.25) is 0 Å². The lowest BCUT2D eigenvalue weighted by atomic mass is 10.1. The Labute approximate surface area is 119 Å². The average Bonchev–Trinajstić information content (AvgIpc) is 2.27. The summed E-state index contributed by atoms with van der Waals surface area (Å²) < 4.78 is 77.6. The highest BCUT2D eigenvalue weighted by molar-refractivity contribution is 7.80. The predicted molar refractivity (Wildman–Crippen MR) is 65.6 cm³/mol. The third-order valence-electron chi connectivity index (χ3n) is 1.92. The van der Waals surface area contributed by atoms with Gasteiger partial charge < -0.3 is 10.5 Å². The number of hydrogen-bond donors (Lipinski definition) is 2. The molecule has 4 nitrogen and oxygen atoms in total. The number of nitrogens with zero attached hydrogens (tertiary/aromatic N) is 1. The lowest BCUT2D eigenvalue weighted by molar-refractivity contribution is -0.276. The van der Waals surface area contributed by atoms with E-state index in [0.29, 0.717) is 12.1 Å². The van der Waals surface area contributed by atoms with Crippen LogP contribution in [0.1, 0.15) is 11.1 Å². The topological polar surface area (TPSA) is 59.6 Å². The summed E-state index contributed by atoms with van der Waals surface area (Å²) in [5, 5.41) is 3.17. The maximum atomic E-state index is 12.7. The molecule has 1 aromatic carbocycles. The number of nitrogens with one attached hydrogen (secondary N) is 1. The smallest absolute Gasteiger partial charge is 0.405 e. The number of nitrogens with two attached hydrogens (primary N) is 1. The van der Waals surface area contributed by atoms with E-state index in [2.05, 4.69) is 27.5 Å². The number of halogens is 6. The normalized spacial score (nSPS) is 12.5. The molecule has 0 saturated carbocycles. The molecule has 0 spiro atoms. The molecule has 1 rings (SSSR count). The molecule has 1 aromatic rings. The summed E-state index contributed by atoms with van der Waals surface area (Å²) in [6.07, 6.45) is -9.35. The maximum Gasteiger partial charge on any atom is 0.573 e. The predicted octanol–water partition coefficient (Wildman–Crippen LogP) is 2.77. The van der Waals surface area contributed by atoms with Gasteiger partial charge in [-0.1, -0.05) is 0 Å². The highest BCUT2D eigenvalue weighted by Gasteiger charge is 2.39. The molecule has 0 radical (unpaired) electrons. The molecule has 0 atom stereocenters. The van der Waals surface area contributed by atoms with Crippen LogP contribution in [0.15, 0.2) is 23.3 Å². The van der Waals surface area contributed by atoms with Crippen molar-refractivity contribution in [3.63, 3.8) is 0 Å². The van der Waals surface area contributed by atoms with Gasteiger partial charge in [-0.3, -0.25) is 5.43 Å². The molecule has 0 aliphatic heterocycles. The van der Waals surface area contributed by atoms with Gasteiger partial charge in [-0.25, -0.2) is 0 Å². The van der Waals surface area contributed by atoms with Crippen molar-refractivity contribution in [1.29, 1.82) is 0 Å². The van der Waals surface area contributed by atoms with E-state index in [1.807, 2.05) is 0 Å². The van der Waals surface area contributed by atoms with Crippen LogP contribution in [0.5, 0.6) is 5.75 Å². The van der Waals surface area contributed by atoms with Gasteiger partial charge in [0.15, 0.2) is 5.11 Å². The molecule has 3 N–H and O–H groups in total. The fraction of sp³-hybridized carbons (Fsp3) is 0.200. The van der Waals surface area contributed by atoms with Crippen LogP contribution in [0.25, 0.3) is 0 Å². The van der Waals surface area contributed by atoms with Gasteiger partial charge in [-0.2, -0.15) is 18.3 Å². The largest absolute Gasteiger partial charge is 0.573 e. The van der Waals surface area contributed by atoms with E-state index in [4.69, 9.17) is 5.73 Å². The number of rotatable bonds is 3.